The van der Waals surface area contributed by atoms with E-state index in [2.05, 4.69) is 5.92 Å². The van der Waals surface area contributed by atoms with Crippen molar-refractivity contribution in [3.8, 4) is 12.3 Å². The van der Waals surface area contributed by atoms with Crippen LogP contribution < -0.4 is 0 Å². The van der Waals surface area contributed by atoms with E-state index in [0.29, 0.717) is 0 Å². The number of rotatable bonds is 0. The molecular weight excluding hydrogens is 147 g/mol. The summed E-state index contributed by atoms with van der Waals surface area (Å²) in [6.07, 6.45) is 9.12. The Kier molecular flexibility index (Phi) is 1.99. The van der Waals surface area contributed by atoms with Crippen LogP contribution in [0.25, 0.3) is 0 Å². The molecule has 0 saturated carbocycles. The van der Waals surface area contributed by atoms with Gasteiger partial charge in [0.25, 0.3) is 0 Å². The fourth-order valence-electron chi connectivity index (χ4n) is 0.941. The van der Waals surface area contributed by atoms with E-state index in [9.17, 15) is 4.57 Å². The molecule has 0 amide bonds. The van der Waals surface area contributed by atoms with Crippen molar-refractivity contribution in [2.45, 2.75) is 0 Å². The van der Waals surface area contributed by atoms with Crippen LogP contribution >= 0.6 is 7.37 Å². The summed E-state index contributed by atoms with van der Waals surface area (Å²) in [7, 11) is -2.89. The van der Waals surface area contributed by atoms with Gasteiger partial charge in [0.2, 0.25) is 7.37 Å². The molecule has 0 aliphatic carbocycles. The van der Waals surface area contributed by atoms with Gasteiger partial charge < -0.3 is 4.89 Å². The SMILES string of the molecule is C#CC1C=CCP(=O)(O)C1. The smallest absolute Gasteiger partial charge is 0.205 e. The summed E-state index contributed by atoms with van der Waals surface area (Å²) in [6.45, 7) is 0. The zero-order chi connectivity index (χ0) is 7.61. The van der Waals surface area contributed by atoms with Crippen molar-refractivity contribution in [3.63, 3.8) is 0 Å². The molecule has 1 heterocycles. The Bertz CT molecular complexity index is 236. The second-order valence-corrected chi connectivity index (χ2v) is 4.84. The molecule has 2 atom stereocenters. The lowest BCUT2D eigenvalue weighted by Crippen LogP contribution is -2.07. The van der Waals surface area contributed by atoms with Gasteiger partial charge in [-0.05, 0) is 0 Å². The first-order valence-corrected chi connectivity index (χ1v) is 5.11. The Morgan fingerprint density at radius 1 is 1.80 bits per heavy atom. The van der Waals surface area contributed by atoms with Crippen LogP contribution in [-0.2, 0) is 4.57 Å². The van der Waals surface area contributed by atoms with Crippen LogP contribution in [0.2, 0.25) is 0 Å². The molecule has 0 saturated heterocycles. The van der Waals surface area contributed by atoms with Gasteiger partial charge in [-0.1, -0.05) is 18.1 Å². The molecule has 1 N–H and O–H groups in total. The van der Waals surface area contributed by atoms with Gasteiger partial charge in [-0.25, -0.2) is 0 Å². The Balaban J connectivity index is 2.75. The highest BCUT2D eigenvalue weighted by Gasteiger charge is 2.23. The van der Waals surface area contributed by atoms with Crippen LogP contribution in [0.1, 0.15) is 0 Å². The van der Waals surface area contributed by atoms with Gasteiger partial charge in [0, 0.05) is 18.2 Å². The lowest BCUT2D eigenvalue weighted by Gasteiger charge is -2.16. The van der Waals surface area contributed by atoms with Gasteiger partial charge in [-0.3, -0.25) is 4.57 Å². The predicted octanol–water partition coefficient (Wildman–Crippen LogP) is 1.08. The van der Waals surface area contributed by atoms with Crippen LogP contribution in [0.15, 0.2) is 12.2 Å². The van der Waals surface area contributed by atoms with Crippen molar-refractivity contribution in [2.24, 2.45) is 5.92 Å². The van der Waals surface area contributed by atoms with Crippen molar-refractivity contribution >= 4 is 7.37 Å². The van der Waals surface area contributed by atoms with Crippen molar-refractivity contribution in [1.29, 1.82) is 0 Å². The summed E-state index contributed by atoms with van der Waals surface area (Å²) >= 11 is 0. The minimum absolute atomic E-state index is 0.135. The van der Waals surface area contributed by atoms with Crippen molar-refractivity contribution in [1.82, 2.24) is 0 Å². The first kappa shape index (κ1) is 7.60. The fourth-order valence-corrected chi connectivity index (χ4v) is 2.38. The topological polar surface area (TPSA) is 37.3 Å². The molecule has 0 aromatic carbocycles. The highest BCUT2D eigenvalue weighted by molar-refractivity contribution is 7.58. The molecule has 0 radical (unpaired) electrons. The Hall–Kier alpha value is -0.510. The van der Waals surface area contributed by atoms with Gasteiger partial charge in [-0.15, -0.1) is 6.42 Å². The fraction of sp³-hybridized carbons (Fsp3) is 0.429. The standard InChI is InChI=1S/C7H9O2P/c1-2-7-4-3-5-10(8,9)6-7/h1,3-4,7H,5-6H2,(H,8,9). The molecule has 0 spiro atoms. The van der Waals surface area contributed by atoms with Gasteiger partial charge in [0.15, 0.2) is 0 Å². The molecule has 0 fully saturated rings. The van der Waals surface area contributed by atoms with E-state index in [1.807, 2.05) is 6.08 Å². The molecule has 0 aromatic rings. The monoisotopic (exact) mass is 156 g/mol. The van der Waals surface area contributed by atoms with Crippen LogP contribution in [-0.4, -0.2) is 17.2 Å². The Morgan fingerprint density at radius 3 is 2.90 bits per heavy atom. The third-order valence-corrected chi connectivity index (χ3v) is 3.20. The summed E-state index contributed by atoms with van der Waals surface area (Å²) in [6, 6.07) is 0. The maximum atomic E-state index is 11.0. The summed E-state index contributed by atoms with van der Waals surface area (Å²) in [5.74, 6) is 2.31. The van der Waals surface area contributed by atoms with Crippen LogP contribution in [0, 0.1) is 18.3 Å². The maximum absolute atomic E-state index is 11.0. The highest BCUT2D eigenvalue weighted by Crippen LogP contribution is 2.44. The molecule has 54 valence electrons. The second kappa shape index (κ2) is 2.62. The molecule has 3 heteroatoms. The normalized spacial score (nSPS) is 39.0. The zero-order valence-electron chi connectivity index (χ0n) is 5.53. The van der Waals surface area contributed by atoms with Crippen molar-refractivity contribution in [2.75, 3.05) is 12.3 Å². The minimum atomic E-state index is -2.89. The average molecular weight is 156 g/mol. The number of hydrogen-bond donors (Lipinski definition) is 1. The number of hydrogen-bond acceptors (Lipinski definition) is 1. The molecule has 1 rings (SSSR count). The van der Waals surface area contributed by atoms with Gasteiger partial charge >= 0.3 is 0 Å². The third-order valence-electron chi connectivity index (χ3n) is 1.46. The highest BCUT2D eigenvalue weighted by atomic mass is 31.2. The van der Waals surface area contributed by atoms with E-state index in [1.54, 1.807) is 6.08 Å². The summed E-state index contributed by atoms with van der Waals surface area (Å²) in [5, 5.41) is 0. The number of allylic oxidation sites excluding steroid dienone is 2. The van der Waals surface area contributed by atoms with E-state index >= 15 is 0 Å². The van der Waals surface area contributed by atoms with Crippen LogP contribution in [0.5, 0.6) is 0 Å². The molecular formula is C7H9O2P. The number of terminal acetylenes is 1. The molecule has 10 heavy (non-hydrogen) atoms. The van der Waals surface area contributed by atoms with E-state index in [4.69, 9.17) is 11.3 Å². The van der Waals surface area contributed by atoms with Gasteiger partial charge in [0.05, 0.1) is 0 Å². The van der Waals surface area contributed by atoms with Crippen molar-refractivity contribution < 1.29 is 9.46 Å². The lowest BCUT2D eigenvalue weighted by molar-refractivity contribution is 0.476. The van der Waals surface area contributed by atoms with Crippen molar-refractivity contribution in [3.05, 3.63) is 12.2 Å². The molecule has 1 aliphatic rings. The summed E-state index contributed by atoms with van der Waals surface area (Å²) in [5.41, 5.74) is 0. The van der Waals surface area contributed by atoms with E-state index in [1.165, 1.54) is 0 Å². The first-order chi connectivity index (χ1) is 4.64. The zero-order valence-corrected chi connectivity index (χ0v) is 6.42. The molecule has 2 unspecified atom stereocenters. The quantitative estimate of drug-likeness (QED) is 0.323. The molecule has 0 aromatic heterocycles. The van der Waals surface area contributed by atoms with Crippen LogP contribution in [0.4, 0.5) is 0 Å². The minimum Gasteiger partial charge on any atom is -0.344 e. The van der Waals surface area contributed by atoms with Gasteiger partial charge in [-0.2, -0.15) is 0 Å². The first-order valence-electron chi connectivity index (χ1n) is 3.08. The van der Waals surface area contributed by atoms with E-state index in [-0.39, 0.29) is 18.2 Å². The average Bonchev–Trinajstić information content (AvgIpc) is 1.86. The van der Waals surface area contributed by atoms with Gasteiger partial charge in [0.1, 0.15) is 0 Å². The maximum Gasteiger partial charge on any atom is 0.205 e. The molecule has 0 bridgehead atoms. The largest absolute Gasteiger partial charge is 0.344 e. The van der Waals surface area contributed by atoms with E-state index in [0.717, 1.165) is 0 Å². The predicted molar refractivity (Wildman–Crippen MR) is 41.0 cm³/mol. The molecule has 2 nitrogen and oxygen atoms in total. The lowest BCUT2D eigenvalue weighted by atomic mass is 10.2. The summed E-state index contributed by atoms with van der Waals surface area (Å²) < 4.78 is 11.0. The Morgan fingerprint density at radius 2 is 2.50 bits per heavy atom. The summed E-state index contributed by atoms with van der Waals surface area (Å²) in [4.78, 5) is 9.08. The second-order valence-electron chi connectivity index (χ2n) is 2.41. The van der Waals surface area contributed by atoms with E-state index < -0.39 is 7.37 Å². The van der Waals surface area contributed by atoms with Crippen LogP contribution in [0.3, 0.4) is 0 Å². The Labute approximate surface area is 60.4 Å². The molecule has 1 aliphatic heterocycles. The third kappa shape index (κ3) is 1.73.